The van der Waals surface area contributed by atoms with Gasteiger partial charge in [-0.25, -0.2) is 10.1 Å². The number of nitrogens with zero attached hydrogens (tertiary/aromatic N) is 2. The smallest absolute Gasteiger partial charge is 0.138 e. The SMILES string of the molecule is ON1c2ccccc2C(=Nc2ccccc2)C1(Cc1ccccc1)c1ccccc1. The molecule has 1 atom stereocenters. The first kappa shape index (κ1) is 18.3. The fourth-order valence-corrected chi connectivity index (χ4v) is 4.30. The van der Waals surface area contributed by atoms with E-state index in [1.807, 2.05) is 91.0 Å². The number of hydrogen-bond acceptors (Lipinski definition) is 3. The molecule has 0 saturated carbocycles. The van der Waals surface area contributed by atoms with Crippen molar-refractivity contribution in [3.63, 3.8) is 0 Å². The molecule has 1 aliphatic heterocycles. The molecular weight excluding hydrogens is 368 g/mol. The van der Waals surface area contributed by atoms with Crippen LogP contribution in [0.25, 0.3) is 0 Å². The summed E-state index contributed by atoms with van der Waals surface area (Å²) >= 11 is 0. The summed E-state index contributed by atoms with van der Waals surface area (Å²) in [6.45, 7) is 0. The van der Waals surface area contributed by atoms with Crippen molar-refractivity contribution < 1.29 is 5.21 Å². The molecule has 30 heavy (non-hydrogen) atoms. The third-order valence-electron chi connectivity index (χ3n) is 5.69. The molecule has 0 aromatic heterocycles. The van der Waals surface area contributed by atoms with Crippen LogP contribution in [0.5, 0.6) is 0 Å². The van der Waals surface area contributed by atoms with Crippen molar-refractivity contribution in [1.82, 2.24) is 0 Å². The van der Waals surface area contributed by atoms with Crippen LogP contribution >= 0.6 is 0 Å². The molecule has 0 radical (unpaired) electrons. The monoisotopic (exact) mass is 390 g/mol. The normalized spacial score (nSPS) is 19.1. The molecule has 1 heterocycles. The van der Waals surface area contributed by atoms with Gasteiger partial charge in [0, 0.05) is 12.0 Å². The number of rotatable bonds is 4. The molecule has 1 N–H and O–H groups in total. The van der Waals surface area contributed by atoms with Crippen molar-refractivity contribution in [2.75, 3.05) is 5.06 Å². The fraction of sp³-hybridized carbons (Fsp3) is 0.0741. The lowest BCUT2D eigenvalue weighted by atomic mass is 9.79. The molecule has 0 amide bonds. The lowest BCUT2D eigenvalue weighted by Gasteiger charge is -2.37. The average Bonchev–Trinajstić information content (AvgIpc) is 3.05. The summed E-state index contributed by atoms with van der Waals surface area (Å²) in [4.78, 5) is 5.09. The summed E-state index contributed by atoms with van der Waals surface area (Å²) in [6, 6.07) is 38.3. The Hall–Kier alpha value is -3.69. The van der Waals surface area contributed by atoms with E-state index in [0.29, 0.717) is 6.42 Å². The van der Waals surface area contributed by atoms with Gasteiger partial charge in [-0.15, -0.1) is 0 Å². The molecule has 1 unspecified atom stereocenters. The van der Waals surface area contributed by atoms with E-state index in [4.69, 9.17) is 4.99 Å². The minimum absolute atomic E-state index is 0.592. The van der Waals surface area contributed by atoms with E-state index in [1.54, 1.807) is 0 Å². The van der Waals surface area contributed by atoms with Gasteiger partial charge < -0.3 is 0 Å². The molecular formula is C27H22N2O. The molecule has 146 valence electrons. The van der Waals surface area contributed by atoms with Crippen LogP contribution in [-0.4, -0.2) is 10.9 Å². The van der Waals surface area contributed by atoms with E-state index < -0.39 is 5.54 Å². The first-order chi connectivity index (χ1) is 14.8. The Balaban J connectivity index is 1.80. The van der Waals surface area contributed by atoms with Gasteiger partial charge in [-0.05, 0) is 29.3 Å². The number of anilines is 1. The van der Waals surface area contributed by atoms with Crippen molar-refractivity contribution in [1.29, 1.82) is 0 Å². The van der Waals surface area contributed by atoms with E-state index in [-0.39, 0.29) is 0 Å². The van der Waals surface area contributed by atoms with Crippen molar-refractivity contribution in [3.05, 3.63) is 132 Å². The second-order valence-electron chi connectivity index (χ2n) is 7.51. The highest BCUT2D eigenvalue weighted by atomic mass is 16.5. The maximum Gasteiger partial charge on any atom is 0.138 e. The third kappa shape index (κ3) is 3.00. The van der Waals surface area contributed by atoms with Crippen LogP contribution < -0.4 is 5.06 Å². The van der Waals surface area contributed by atoms with E-state index in [9.17, 15) is 5.21 Å². The van der Waals surface area contributed by atoms with Crippen molar-refractivity contribution in [3.8, 4) is 0 Å². The fourth-order valence-electron chi connectivity index (χ4n) is 4.30. The average molecular weight is 390 g/mol. The maximum atomic E-state index is 11.6. The molecule has 4 aromatic carbocycles. The summed E-state index contributed by atoms with van der Waals surface area (Å²) < 4.78 is 0. The zero-order valence-electron chi connectivity index (χ0n) is 16.5. The van der Waals surface area contributed by atoms with Gasteiger partial charge in [0.15, 0.2) is 0 Å². The summed E-state index contributed by atoms with van der Waals surface area (Å²) in [6.07, 6.45) is 0.592. The van der Waals surface area contributed by atoms with E-state index in [1.165, 1.54) is 5.06 Å². The molecule has 5 rings (SSSR count). The topological polar surface area (TPSA) is 35.8 Å². The Morgan fingerprint density at radius 2 is 1.23 bits per heavy atom. The molecule has 0 aliphatic carbocycles. The summed E-state index contributed by atoms with van der Waals surface area (Å²) in [5, 5.41) is 13.0. The number of para-hydroxylation sites is 2. The molecule has 0 bridgehead atoms. The Morgan fingerprint density at radius 1 is 0.667 bits per heavy atom. The van der Waals surface area contributed by atoms with Gasteiger partial charge in [0.25, 0.3) is 0 Å². The number of benzene rings is 4. The summed E-state index contributed by atoms with van der Waals surface area (Å²) in [7, 11) is 0. The molecule has 0 saturated heterocycles. The van der Waals surface area contributed by atoms with Crippen molar-refractivity contribution in [2.45, 2.75) is 12.0 Å². The second-order valence-corrected chi connectivity index (χ2v) is 7.51. The highest BCUT2D eigenvalue weighted by Crippen LogP contribution is 2.47. The summed E-state index contributed by atoms with van der Waals surface area (Å²) in [5.41, 5.74) is 4.74. The lowest BCUT2D eigenvalue weighted by molar-refractivity contribution is 0.193. The molecule has 3 nitrogen and oxygen atoms in total. The van der Waals surface area contributed by atoms with Crippen LogP contribution in [0.2, 0.25) is 0 Å². The minimum atomic E-state index is -0.831. The van der Waals surface area contributed by atoms with Crippen LogP contribution in [0.4, 0.5) is 11.4 Å². The zero-order valence-corrected chi connectivity index (χ0v) is 16.5. The van der Waals surface area contributed by atoms with E-state index in [2.05, 4.69) is 24.3 Å². The Labute approximate surface area is 176 Å². The number of hydroxylamine groups is 1. The Bertz CT molecular complexity index is 1170. The van der Waals surface area contributed by atoms with Crippen LogP contribution in [0, 0.1) is 0 Å². The number of fused-ring (bicyclic) bond motifs is 1. The number of aliphatic imine (C=N–C) groups is 1. The largest absolute Gasteiger partial charge is 0.287 e. The van der Waals surface area contributed by atoms with Gasteiger partial charge in [0.1, 0.15) is 5.54 Å². The maximum absolute atomic E-state index is 11.6. The van der Waals surface area contributed by atoms with Crippen molar-refractivity contribution >= 4 is 17.1 Å². The molecule has 0 spiro atoms. The molecule has 0 fully saturated rings. The standard InChI is InChI=1S/C27H22N2O/c30-29-25-19-11-10-18-24(25)26(28-23-16-8-3-9-17-23)27(29,22-14-6-2-7-15-22)20-21-12-4-1-5-13-21/h1-19,30H,20H2. The van der Waals surface area contributed by atoms with Crippen LogP contribution in [-0.2, 0) is 12.0 Å². The predicted octanol–water partition coefficient (Wildman–Crippen LogP) is 6.15. The second kappa shape index (κ2) is 7.62. The van der Waals surface area contributed by atoms with Gasteiger partial charge in [-0.2, -0.15) is 0 Å². The first-order valence-corrected chi connectivity index (χ1v) is 10.1. The van der Waals surface area contributed by atoms with Gasteiger partial charge in [0.2, 0.25) is 0 Å². The first-order valence-electron chi connectivity index (χ1n) is 10.1. The molecule has 4 aromatic rings. The van der Waals surface area contributed by atoms with Crippen LogP contribution in [0.1, 0.15) is 16.7 Å². The zero-order chi connectivity index (χ0) is 20.4. The van der Waals surface area contributed by atoms with E-state index in [0.717, 1.165) is 33.8 Å². The van der Waals surface area contributed by atoms with Crippen molar-refractivity contribution in [2.24, 2.45) is 4.99 Å². The van der Waals surface area contributed by atoms with Gasteiger partial charge in [-0.1, -0.05) is 97.1 Å². The minimum Gasteiger partial charge on any atom is -0.287 e. The molecule has 1 aliphatic rings. The van der Waals surface area contributed by atoms with Gasteiger partial charge >= 0.3 is 0 Å². The highest BCUT2D eigenvalue weighted by Gasteiger charge is 2.50. The van der Waals surface area contributed by atoms with Crippen LogP contribution in [0.15, 0.2) is 120 Å². The third-order valence-corrected chi connectivity index (χ3v) is 5.69. The number of hydrogen-bond donors (Lipinski definition) is 1. The Kier molecular flexibility index (Phi) is 4.66. The van der Waals surface area contributed by atoms with E-state index >= 15 is 0 Å². The molecule has 3 heteroatoms. The van der Waals surface area contributed by atoms with Gasteiger partial charge in [-0.3, -0.25) is 5.21 Å². The van der Waals surface area contributed by atoms with Crippen LogP contribution in [0.3, 0.4) is 0 Å². The van der Waals surface area contributed by atoms with Gasteiger partial charge in [0.05, 0.1) is 17.1 Å². The predicted molar refractivity (Wildman–Crippen MR) is 122 cm³/mol. The quantitative estimate of drug-likeness (QED) is 0.453. The Morgan fingerprint density at radius 3 is 1.93 bits per heavy atom. The summed E-state index contributed by atoms with van der Waals surface area (Å²) in [5.74, 6) is 0. The lowest BCUT2D eigenvalue weighted by Crippen LogP contribution is -2.48. The highest BCUT2D eigenvalue weighted by molar-refractivity contribution is 6.18.